The molecule has 2 aromatic heterocycles. The second-order valence-electron chi connectivity index (χ2n) is 6.32. The lowest BCUT2D eigenvalue weighted by Gasteiger charge is -2.31. The lowest BCUT2D eigenvalue weighted by atomic mass is 10.1. The molecule has 0 N–H and O–H groups in total. The molecule has 0 saturated carbocycles. The average Bonchev–Trinajstić information content (AvgIpc) is 3.21. The molecule has 0 atom stereocenters. The van der Waals surface area contributed by atoms with Crippen molar-refractivity contribution in [2.24, 2.45) is 0 Å². The van der Waals surface area contributed by atoms with Gasteiger partial charge in [-0.3, -0.25) is 9.78 Å². The third-order valence-electron chi connectivity index (χ3n) is 4.58. The Hall–Kier alpha value is -3.08. The largest absolute Gasteiger partial charge is 0.488 e. The SMILES string of the molecule is O=C(/C=C/c1ccco1)N1CCC(Oc2cccc3cccnc23)CC1. The molecule has 0 spiro atoms. The molecule has 5 heteroatoms. The first-order valence-electron chi connectivity index (χ1n) is 8.80. The molecule has 1 saturated heterocycles. The van der Waals surface area contributed by atoms with Crippen molar-refractivity contribution in [3.8, 4) is 5.75 Å². The highest BCUT2D eigenvalue weighted by Crippen LogP contribution is 2.26. The van der Waals surface area contributed by atoms with Crippen molar-refractivity contribution in [3.05, 3.63) is 66.8 Å². The Balaban J connectivity index is 1.35. The summed E-state index contributed by atoms with van der Waals surface area (Å²) in [6, 6.07) is 13.5. The van der Waals surface area contributed by atoms with Gasteiger partial charge in [-0.15, -0.1) is 0 Å². The second-order valence-corrected chi connectivity index (χ2v) is 6.32. The number of fused-ring (bicyclic) bond motifs is 1. The van der Waals surface area contributed by atoms with Crippen LogP contribution in [0.3, 0.4) is 0 Å². The first kappa shape index (κ1) is 16.4. The van der Waals surface area contributed by atoms with Gasteiger partial charge in [0.1, 0.15) is 23.1 Å². The van der Waals surface area contributed by atoms with Gasteiger partial charge in [0.25, 0.3) is 0 Å². The summed E-state index contributed by atoms with van der Waals surface area (Å²) in [5, 5.41) is 1.07. The maximum Gasteiger partial charge on any atom is 0.246 e. The van der Waals surface area contributed by atoms with Gasteiger partial charge in [0.05, 0.1) is 6.26 Å². The van der Waals surface area contributed by atoms with Crippen molar-refractivity contribution in [1.82, 2.24) is 9.88 Å². The Morgan fingerprint density at radius 1 is 1.15 bits per heavy atom. The summed E-state index contributed by atoms with van der Waals surface area (Å²) in [4.78, 5) is 18.6. The van der Waals surface area contributed by atoms with Gasteiger partial charge in [-0.2, -0.15) is 0 Å². The molecule has 1 aliphatic rings. The van der Waals surface area contributed by atoms with Crippen molar-refractivity contribution < 1.29 is 13.9 Å². The van der Waals surface area contributed by atoms with Crippen LogP contribution in [0.25, 0.3) is 17.0 Å². The van der Waals surface area contributed by atoms with Crippen LogP contribution in [-0.4, -0.2) is 35.0 Å². The second kappa shape index (κ2) is 7.44. The Labute approximate surface area is 151 Å². The van der Waals surface area contributed by atoms with Crippen LogP contribution in [-0.2, 0) is 4.79 Å². The summed E-state index contributed by atoms with van der Waals surface area (Å²) in [7, 11) is 0. The van der Waals surface area contributed by atoms with E-state index in [-0.39, 0.29) is 12.0 Å². The molecule has 3 heterocycles. The molecule has 1 amide bonds. The molecule has 4 rings (SSSR count). The molecule has 132 valence electrons. The molecule has 0 unspecified atom stereocenters. The zero-order valence-corrected chi connectivity index (χ0v) is 14.4. The smallest absolute Gasteiger partial charge is 0.246 e. The van der Waals surface area contributed by atoms with Gasteiger partial charge >= 0.3 is 0 Å². The van der Waals surface area contributed by atoms with Crippen LogP contribution >= 0.6 is 0 Å². The zero-order chi connectivity index (χ0) is 17.8. The number of carbonyl (C=O) groups is 1. The number of pyridine rings is 1. The number of amides is 1. The minimum atomic E-state index is 0.00618. The van der Waals surface area contributed by atoms with Gasteiger partial charge < -0.3 is 14.1 Å². The van der Waals surface area contributed by atoms with E-state index in [1.807, 2.05) is 41.3 Å². The first-order chi connectivity index (χ1) is 12.8. The van der Waals surface area contributed by atoms with Gasteiger partial charge in [-0.25, -0.2) is 0 Å². The van der Waals surface area contributed by atoms with E-state index in [1.165, 1.54) is 0 Å². The molecule has 26 heavy (non-hydrogen) atoms. The summed E-state index contributed by atoms with van der Waals surface area (Å²) < 4.78 is 11.4. The number of para-hydroxylation sites is 1. The van der Waals surface area contributed by atoms with Gasteiger partial charge in [0.2, 0.25) is 5.91 Å². The average molecular weight is 348 g/mol. The predicted molar refractivity (Wildman–Crippen MR) is 99.7 cm³/mol. The maximum atomic E-state index is 12.3. The summed E-state index contributed by atoms with van der Waals surface area (Å²) in [5.74, 6) is 1.50. The zero-order valence-electron chi connectivity index (χ0n) is 14.4. The van der Waals surface area contributed by atoms with E-state index >= 15 is 0 Å². The Morgan fingerprint density at radius 3 is 2.81 bits per heavy atom. The monoisotopic (exact) mass is 348 g/mol. The van der Waals surface area contributed by atoms with Gasteiger partial charge in [-0.1, -0.05) is 18.2 Å². The van der Waals surface area contributed by atoms with Gasteiger partial charge in [0, 0.05) is 43.6 Å². The van der Waals surface area contributed by atoms with Crippen LogP contribution in [0.4, 0.5) is 0 Å². The van der Waals surface area contributed by atoms with E-state index in [9.17, 15) is 4.79 Å². The summed E-state index contributed by atoms with van der Waals surface area (Å²) >= 11 is 0. The first-order valence-corrected chi connectivity index (χ1v) is 8.80. The number of nitrogens with zero attached hydrogens (tertiary/aromatic N) is 2. The van der Waals surface area contributed by atoms with Crippen molar-refractivity contribution in [2.75, 3.05) is 13.1 Å². The number of benzene rings is 1. The number of furan rings is 1. The van der Waals surface area contributed by atoms with Crippen molar-refractivity contribution in [2.45, 2.75) is 18.9 Å². The van der Waals surface area contributed by atoms with Crippen LogP contribution in [0.2, 0.25) is 0 Å². The number of hydrogen-bond acceptors (Lipinski definition) is 4. The molecule has 5 nitrogen and oxygen atoms in total. The van der Waals surface area contributed by atoms with E-state index in [0.29, 0.717) is 18.8 Å². The number of carbonyl (C=O) groups excluding carboxylic acids is 1. The number of likely N-dealkylation sites (tertiary alicyclic amines) is 1. The van der Waals surface area contributed by atoms with Crippen molar-refractivity contribution in [3.63, 3.8) is 0 Å². The number of rotatable bonds is 4. The fourth-order valence-corrected chi connectivity index (χ4v) is 3.19. The Bertz CT molecular complexity index is 905. The topological polar surface area (TPSA) is 55.6 Å². The van der Waals surface area contributed by atoms with E-state index in [2.05, 4.69) is 4.98 Å². The van der Waals surface area contributed by atoms with E-state index in [1.54, 1.807) is 30.7 Å². The molecular weight excluding hydrogens is 328 g/mol. The molecule has 1 aliphatic heterocycles. The highest BCUT2D eigenvalue weighted by atomic mass is 16.5. The van der Waals surface area contributed by atoms with Crippen LogP contribution in [0.5, 0.6) is 5.75 Å². The van der Waals surface area contributed by atoms with E-state index in [0.717, 1.165) is 29.5 Å². The number of aromatic nitrogens is 1. The lowest BCUT2D eigenvalue weighted by molar-refractivity contribution is -0.127. The van der Waals surface area contributed by atoms with Crippen LogP contribution in [0.15, 0.2) is 65.4 Å². The third-order valence-corrected chi connectivity index (χ3v) is 4.58. The Kier molecular flexibility index (Phi) is 4.69. The normalized spacial score (nSPS) is 15.6. The van der Waals surface area contributed by atoms with Crippen LogP contribution in [0.1, 0.15) is 18.6 Å². The molecule has 3 aromatic rings. The minimum absolute atomic E-state index is 0.00618. The minimum Gasteiger partial charge on any atom is -0.488 e. The van der Waals surface area contributed by atoms with Crippen molar-refractivity contribution in [1.29, 1.82) is 0 Å². The van der Waals surface area contributed by atoms with E-state index in [4.69, 9.17) is 9.15 Å². The van der Waals surface area contributed by atoms with Gasteiger partial charge in [0.15, 0.2) is 0 Å². The number of ether oxygens (including phenoxy) is 1. The lowest BCUT2D eigenvalue weighted by Crippen LogP contribution is -2.41. The Morgan fingerprint density at radius 2 is 2.00 bits per heavy atom. The highest BCUT2D eigenvalue weighted by Gasteiger charge is 2.23. The third kappa shape index (κ3) is 3.61. The molecule has 1 fully saturated rings. The molecule has 0 radical (unpaired) electrons. The van der Waals surface area contributed by atoms with Crippen LogP contribution in [0, 0.1) is 0 Å². The number of piperidine rings is 1. The van der Waals surface area contributed by atoms with Crippen molar-refractivity contribution >= 4 is 22.9 Å². The van der Waals surface area contributed by atoms with E-state index < -0.39 is 0 Å². The fraction of sp³-hybridized carbons (Fsp3) is 0.238. The summed E-state index contributed by atoms with van der Waals surface area (Å²) in [5.41, 5.74) is 0.884. The molecular formula is C21H20N2O3. The molecule has 0 bridgehead atoms. The summed E-state index contributed by atoms with van der Waals surface area (Å²) in [6.07, 6.45) is 8.35. The predicted octanol–water partition coefficient (Wildman–Crippen LogP) is 3.91. The molecule has 0 aliphatic carbocycles. The quantitative estimate of drug-likeness (QED) is 0.671. The maximum absolute atomic E-state index is 12.3. The number of hydrogen-bond donors (Lipinski definition) is 0. The van der Waals surface area contributed by atoms with Gasteiger partial charge in [-0.05, 0) is 30.3 Å². The fourth-order valence-electron chi connectivity index (χ4n) is 3.19. The standard InChI is InChI=1S/C21H20N2O3/c24-20(9-8-17-6-3-15-25-17)23-13-10-18(11-14-23)26-19-7-1-4-16-5-2-12-22-21(16)19/h1-9,12,15,18H,10-11,13-14H2/b9-8+. The highest BCUT2D eigenvalue weighted by molar-refractivity contribution is 5.91. The summed E-state index contributed by atoms with van der Waals surface area (Å²) in [6.45, 7) is 1.37. The van der Waals surface area contributed by atoms with Crippen LogP contribution < -0.4 is 4.74 Å². The molecule has 1 aromatic carbocycles.